The molecule has 1 N–H and O–H groups in total. The van der Waals surface area contributed by atoms with Crippen LogP contribution in [0.3, 0.4) is 0 Å². The highest BCUT2D eigenvalue weighted by molar-refractivity contribution is 9.10. The molecule has 2 rings (SSSR count). The summed E-state index contributed by atoms with van der Waals surface area (Å²) >= 11 is 5.06. The summed E-state index contributed by atoms with van der Waals surface area (Å²) in [5.74, 6) is 1.41. The highest BCUT2D eigenvalue weighted by atomic mass is 79.9. The van der Waals surface area contributed by atoms with Crippen molar-refractivity contribution in [3.8, 4) is 0 Å². The largest absolute Gasteiger partial charge is 0.349 e. The fourth-order valence-electron chi connectivity index (χ4n) is 2.25. The molecule has 0 saturated carbocycles. The minimum Gasteiger partial charge on any atom is -0.349 e. The van der Waals surface area contributed by atoms with Crippen molar-refractivity contribution in [3.63, 3.8) is 0 Å². The third-order valence-electron chi connectivity index (χ3n) is 3.68. The van der Waals surface area contributed by atoms with Gasteiger partial charge in [0.05, 0.1) is 11.8 Å². The van der Waals surface area contributed by atoms with Gasteiger partial charge < -0.3 is 5.32 Å². The lowest BCUT2D eigenvalue weighted by molar-refractivity contribution is -0.119. The molecule has 2 nitrogen and oxygen atoms in total. The van der Waals surface area contributed by atoms with Gasteiger partial charge >= 0.3 is 0 Å². The summed E-state index contributed by atoms with van der Waals surface area (Å²) in [6, 6.07) is 16.7. The summed E-state index contributed by atoms with van der Waals surface area (Å²) in [5.41, 5.74) is 3.69. The summed E-state index contributed by atoms with van der Waals surface area (Å²) in [6.45, 7) is 4.17. The Morgan fingerprint density at radius 1 is 1.09 bits per heavy atom. The maximum absolute atomic E-state index is 12.1. The summed E-state index contributed by atoms with van der Waals surface area (Å²) in [7, 11) is 0. The number of benzene rings is 2. The van der Waals surface area contributed by atoms with Crippen molar-refractivity contribution in [3.05, 3.63) is 69.7 Å². The minimum atomic E-state index is 0.0432. The first-order chi connectivity index (χ1) is 11.1. The Morgan fingerprint density at radius 2 is 1.70 bits per heavy atom. The standard InChI is InChI=1S/C19H22BrNOS/c1-3-15-4-8-17(9-5-15)14(2)21-19(22)13-23-12-16-6-10-18(20)11-7-16/h4-11,14H,3,12-13H2,1-2H3,(H,21,22)/t14-/m0/s1. The van der Waals surface area contributed by atoms with Crippen molar-refractivity contribution in [1.82, 2.24) is 5.32 Å². The lowest BCUT2D eigenvalue weighted by Crippen LogP contribution is -2.28. The maximum atomic E-state index is 12.1. The molecular formula is C19H22BrNOS. The number of amides is 1. The zero-order chi connectivity index (χ0) is 16.7. The Hall–Kier alpha value is -1.26. The Labute approximate surface area is 151 Å². The zero-order valence-electron chi connectivity index (χ0n) is 13.5. The van der Waals surface area contributed by atoms with Crippen LogP contribution < -0.4 is 5.32 Å². The summed E-state index contributed by atoms with van der Waals surface area (Å²) < 4.78 is 1.08. The van der Waals surface area contributed by atoms with Crippen molar-refractivity contribution >= 4 is 33.6 Å². The molecule has 2 aromatic rings. The van der Waals surface area contributed by atoms with Crippen LogP contribution in [0.5, 0.6) is 0 Å². The fraction of sp³-hybridized carbons (Fsp3) is 0.316. The number of aryl methyl sites for hydroxylation is 1. The van der Waals surface area contributed by atoms with E-state index < -0.39 is 0 Å². The number of thioether (sulfide) groups is 1. The molecule has 23 heavy (non-hydrogen) atoms. The van der Waals surface area contributed by atoms with E-state index in [4.69, 9.17) is 0 Å². The fourth-order valence-corrected chi connectivity index (χ4v) is 3.31. The maximum Gasteiger partial charge on any atom is 0.230 e. The second kappa shape index (κ2) is 9.14. The van der Waals surface area contributed by atoms with Crippen LogP contribution in [0.1, 0.15) is 36.6 Å². The zero-order valence-corrected chi connectivity index (χ0v) is 15.9. The molecule has 0 radical (unpaired) electrons. The van der Waals surface area contributed by atoms with Crippen LogP contribution in [0.15, 0.2) is 53.0 Å². The predicted octanol–water partition coefficient (Wildman–Crippen LogP) is 5.12. The number of hydrogen-bond acceptors (Lipinski definition) is 2. The number of carbonyl (C=O) groups is 1. The van der Waals surface area contributed by atoms with E-state index in [0.717, 1.165) is 22.2 Å². The van der Waals surface area contributed by atoms with Gasteiger partial charge in [-0.1, -0.05) is 59.3 Å². The van der Waals surface area contributed by atoms with E-state index in [1.165, 1.54) is 11.1 Å². The van der Waals surface area contributed by atoms with Crippen molar-refractivity contribution in [2.24, 2.45) is 0 Å². The number of hydrogen-bond donors (Lipinski definition) is 1. The predicted molar refractivity (Wildman–Crippen MR) is 103 cm³/mol. The van der Waals surface area contributed by atoms with Gasteiger partial charge in [0.15, 0.2) is 0 Å². The molecule has 0 aromatic heterocycles. The van der Waals surface area contributed by atoms with Gasteiger partial charge in [-0.05, 0) is 42.2 Å². The van der Waals surface area contributed by atoms with Gasteiger partial charge in [0, 0.05) is 10.2 Å². The van der Waals surface area contributed by atoms with E-state index in [1.54, 1.807) is 11.8 Å². The molecule has 0 aliphatic carbocycles. The van der Waals surface area contributed by atoms with Crippen LogP contribution in [0.25, 0.3) is 0 Å². The Morgan fingerprint density at radius 3 is 2.30 bits per heavy atom. The summed E-state index contributed by atoms with van der Waals surface area (Å²) in [4.78, 5) is 12.1. The van der Waals surface area contributed by atoms with Crippen molar-refractivity contribution < 1.29 is 4.79 Å². The van der Waals surface area contributed by atoms with E-state index in [-0.39, 0.29) is 11.9 Å². The van der Waals surface area contributed by atoms with Gasteiger partial charge in [0.2, 0.25) is 5.91 Å². The SMILES string of the molecule is CCc1ccc([C@H](C)NC(=O)CSCc2ccc(Br)cc2)cc1. The van der Waals surface area contributed by atoms with E-state index in [0.29, 0.717) is 5.75 Å². The van der Waals surface area contributed by atoms with Crippen molar-refractivity contribution in [2.75, 3.05) is 5.75 Å². The summed E-state index contributed by atoms with van der Waals surface area (Å²) in [5, 5.41) is 3.06. The van der Waals surface area contributed by atoms with Crippen molar-refractivity contribution in [1.29, 1.82) is 0 Å². The molecule has 0 bridgehead atoms. The number of carbonyl (C=O) groups excluding carboxylic acids is 1. The molecule has 0 fully saturated rings. The molecule has 122 valence electrons. The molecule has 0 saturated heterocycles. The van der Waals surface area contributed by atoms with Gasteiger partial charge in [-0.25, -0.2) is 0 Å². The summed E-state index contributed by atoms with van der Waals surface area (Å²) in [6.07, 6.45) is 1.04. The normalized spacial score (nSPS) is 12.0. The van der Waals surface area contributed by atoms with Crippen LogP contribution in [0.2, 0.25) is 0 Å². The third kappa shape index (κ3) is 6.04. The van der Waals surface area contributed by atoms with Crippen LogP contribution in [0, 0.1) is 0 Å². The van der Waals surface area contributed by atoms with Crippen LogP contribution in [-0.4, -0.2) is 11.7 Å². The molecule has 4 heteroatoms. The first-order valence-electron chi connectivity index (χ1n) is 7.79. The lowest BCUT2D eigenvalue weighted by atomic mass is 10.1. The quantitative estimate of drug-likeness (QED) is 0.709. The van der Waals surface area contributed by atoms with E-state index in [1.807, 2.05) is 19.1 Å². The number of halogens is 1. The third-order valence-corrected chi connectivity index (χ3v) is 5.21. The van der Waals surface area contributed by atoms with Gasteiger partial charge in [-0.3, -0.25) is 4.79 Å². The van der Waals surface area contributed by atoms with E-state index >= 15 is 0 Å². The first kappa shape index (κ1) is 18.1. The highest BCUT2D eigenvalue weighted by Gasteiger charge is 2.09. The van der Waals surface area contributed by atoms with Crippen molar-refractivity contribution in [2.45, 2.75) is 32.1 Å². The van der Waals surface area contributed by atoms with E-state index in [2.05, 4.69) is 64.6 Å². The Balaban J connectivity index is 1.76. The van der Waals surface area contributed by atoms with Gasteiger partial charge in [0.25, 0.3) is 0 Å². The smallest absolute Gasteiger partial charge is 0.230 e. The van der Waals surface area contributed by atoms with Gasteiger partial charge in [-0.2, -0.15) is 0 Å². The molecule has 2 aromatic carbocycles. The Kier molecular flexibility index (Phi) is 7.18. The molecule has 0 spiro atoms. The lowest BCUT2D eigenvalue weighted by Gasteiger charge is -2.14. The van der Waals surface area contributed by atoms with Crippen LogP contribution >= 0.6 is 27.7 Å². The molecule has 0 heterocycles. The number of nitrogens with one attached hydrogen (secondary N) is 1. The molecule has 1 atom stereocenters. The monoisotopic (exact) mass is 391 g/mol. The first-order valence-corrected chi connectivity index (χ1v) is 9.73. The van der Waals surface area contributed by atoms with Gasteiger partial charge in [-0.15, -0.1) is 11.8 Å². The minimum absolute atomic E-state index is 0.0432. The molecule has 1 amide bonds. The highest BCUT2D eigenvalue weighted by Crippen LogP contribution is 2.17. The van der Waals surface area contributed by atoms with Crippen LogP contribution in [-0.2, 0) is 17.0 Å². The van der Waals surface area contributed by atoms with Crippen LogP contribution in [0.4, 0.5) is 0 Å². The van der Waals surface area contributed by atoms with E-state index in [9.17, 15) is 4.79 Å². The Bertz CT molecular complexity index is 625. The molecular weight excluding hydrogens is 370 g/mol. The molecule has 0 aliphatic rings. The van der Waals surface area contributed by atoms with Gasteiger partial charge in [0.1, 0.15) is 0 Å². The molecule has 0 unspecified atom stereocenters. The average Bonchev–Trinajstić information content (AvgIpc) is 2.56. The number of rotatable bonds is 7. The average molecular weight is 392 g/mol. The molecule has 0 aliphatic heterocycles. The topological polar surface area (TPSA) is 29.1 Å². The second-order valence-corrected chi connectivity index (χ2v) is 7.40. The second-order valence-electron chi connectivity index (χ2n) is 5.50.